The molecule has 1 aromatic carbocycles. The third-order valence-corrected chi connectivity index (χ3v) is 2.78. The van der Waals surface area contributed by atoms with Crippen LogP contribution in [0.25, 0.3) is 0 Å². The first kappa shape index (κ1) is 13.5. The van der Waals surface area contributed by atoms with Gasteiger partial charge in [0, 0.05) is 12.1 Å². The molecule has 4 heteroatoms. The van der Waals surface area contributed by atoms with Crippen LogP contribution in [0.1, 0.15) is 25.8 Å². The largest absolute Gasteiger partial charge is 0.508 e. The summed E-state index contributed by atoms with van der Waals surface area (Å²) in [6.07, 6.45) is 0.880. The predicted molar refractivity (Wildman–Crippen MR) is 65.9 cm³/mol. The van der Waals surface area contributed by atoms with Crippen LogP contribution in [0, 0.1) is 0 Å². The Kier molecular flexibility index (Phi) is 4.97. The summed E-state index contributed by atoms with van der Waals surface area (Å²) in [5.41, 5.74) is 0.758. The van der Waals surface area contributed by atoms with Crippen molar-refractivity contribution in [1.82, 2.24) is 4.90 Å². The minimum absolute atomic E-state index is 0.214. The standard InChI is InChI=1S/C13H19NO3/c1-3-8-14(10(2)13(16)17)9-11-6-4-5-7-12(11)15/h4-7,10,15H,3,8-9H2,1-2H3,(H,16,17). The number of carbonyl (C=O) groups is 1. The van der Waals surface area contributed by atoms with Gasteiger partial charge < -0.3 is 10.2 Å². The molecule has 1 unspecified atom stereocenters. The van der Waals surface area contributed by atoms with Gasteiger partial charge in [0.1, 0.15) is 11.8 Å². The van der Waals surface area contributed by atoms with Crippen LogP contribution in [0.3, 0.4) is 0 Å². The van der Waals surface area contributed by atoms with Crippen molar-refractivity contribution in [3.05, 3.63) is 29.8 Å². The highest BCUT2D eigenvalue weighted by atomic mass is 16.4. The van der Waals surface area contributed by atoms with Crippen molar-refractivity contribution < 1.29 is 15.0 Å². The van der Waals surface area contributed by atoms with E-state index >= 15 is 0 Å². The van der Waals surface area contributed by atoms with E-state index in [2.05, 4.69) is 0 Å². The van der Waals surface area contributed by atoms with Gasteiger partial charge >= 0.3 is 5.97 Å². The van der Waals surface area contributed by atoms with E-state index < -0.39 is 12.0 Å². The number of benzene rings is 1. The van der Waals surface area contributed by atoms with Crippen LogP contribution >= 0.6 is 0 Å². The van der Waals surface area contributed by atoms with Gasteiger partial charge in [-0.1, -0.05) is 25.1 Å². The Bertz CT molecular complexity index is 379. The SMILES string of the molecule is CCCN(Cc1ccccc1O)C(C)C(=O)O. The maximum Gasteiger partial charge on any atom is 0.320 e. The molecular weight excluding hydrogens is 218 g/mol. The van der Waals surface area contributed by atoms with Gasteiger partial charge in [0.2, 0.25) is 0 Å². The Hall–Kier alpha value is -1.55. The van der Waals surface area contributed by atoms with Crippen LogP contribution in [-0.2, 0) is 11.3 Å². The lowest BCUT2D eigenvalue weighted by Crippen LogP contribution is -2.38. The highest BCUT2D eigenvalue weighted by molar-refractivity contribution is 5.72. The summed E-state index contributed by atoms with van der Waals surface area (Å²) in [4.78, 5) is 12.8. The van der Waals surface area contributed by atoms with Crippen molar-refractivity contribution in [2.75, 3.05) is 6.54 Å². The van der Waals surface area contributed by atoms with E-state index in [1.807, 2.05) is 24.0 Å². The molecule has 1 atom stereocenters. The monoisotopic (exact) mass is 237 g/mol. The molecule has 0 saturated carbocycles. The first-order valence-electron chi connectivity index (χ1n) is 5.80. The zero-order chi connectivity index (χ0) is 12.8. The highest BCUT2D eigenvalue weighted by Crippen LogP contribution is 2.19. The van der Waals surface area contributed by atoms with Crippen LogP contribution in [0.5, 0.6) is 5.75 Å². The number of hydrogen-bond acceptors (Lipinski definition) is 3. The Morgan fingerprint density at radius 2 is 2.06 bits per heavy atom. The number of hydrogen-bond donors (Lipinski definition) is 2. The van der Waals surface area contributed by atoms with Gasteiger partial charge in [-0.2, -0.15) is 0 Å². The van der Waals surface area contributed by atoms with E-state index in [1.165, 1.54) is 0 Å². The number of aromatic hydroxyl groups is 1. The number of phenols is 1. The second-order valence-electron chi connectivity index (χ2n) is 4.11. The van der Waals surface area contributed by atoms with Gasteiger partial charge in [-0.15, -0.1) is 0 Å². The predicted octanol–water partition coefficient (Wildman–Crippen LogP) is 2.08. The topological polar surface area (TPSA) is 60.8 Å². The zero-order valence-electron chi connectivity index (χ0n) is 10.3. The third kappa shape index (κ3) is 3.75. The summed E-state index contributed by atoms with van der Waals surface area (Å²) < 4.78 is 0. The molecule has 0 aliphatic heterocycles. The average Bonchev–Trinajstić information content (AvgIpc) is 2.30. The summed E-state index contributed by atoms with van der Waals surface area (Å²) in [6.45, 7) is 4.82. The molecular formula is C13H19NO3. The second kappa shape index (κ2) is 6.25. The number of rotatable bonds is 6. The first-order chi connectivity index (χ1) is 8.06. The van der Waals surface area contributed by atoms with Gasteiger partial charge in [-0.25, -0.2) is 0 Å². The molecule has 0 fully saturated rings. The van der Waals surface area contributed by atoms with Crippen molar-refractivity contribution in [2.45, 2.75) is 32.9 Å². The summed E-state index contributed by atoms with van der Waals surface area (Å²) in [5.74, 6) is -0.625. The number of aliphatic carboxylic acids is 1. The first-order valence-corrected chi connectivity index (χ1v) is 5.80. The Balaban J connectivity index is 2.80. The Morgan fingerprint density at radius 1 is 1.41 bits per heavy atom. The second-order valence-corrected chi connectivity index (χ2v) is 4.11. The molecule has 1 rings (SSSR count). The fourth-order valence-electron chi connectivity index (χ4n) is 1.72. The molecule has 0 aliphatic rings. The number of phenolic OH excluding ortho intramolecular Hbond substituents is 1. The van der Waals surface area contributed by atoms with Crippen LogP contribution in [0.15, 0.2) is 24.3 Å². The van der Waals surface area contributed by atoms with E-state index in [0.717, 1.165) is 12.0 Å². The average molecular weight is 237 g/mol. The lowest BCUT2D eigenvalue weighted by atomic mass is 10.1. The highest BCUT2D eigenvalue weighted by Gasteiger charge is 2.20. The summed E-state index contributed by atoms with van der Waals surface area (Å²) in [6, 6.07) is 6.47. The maximum absolute atomic E-state index is 11.0. The maximum atomic E-state index is 11.0. The molecule has 1 aromatic rings. The van der Waals surface area contributed by atoms with Crippen molar-refractivity contribution in [1.29, 1.82) is 0 Å². The molecule has 0 spiro atoms. The Morgan fingerprint density at radius 3 is 2.59 bits per heavy atom. The lowest BCUT2D eigenvalue weighted by Gasteiger charge is -2.26. The lowest BCUT2D eigenvalue weighted by molar-refractivity contribution is -0.142. The molecule has 0 aromatic heterocycles. The van der Waals surface area contributed by atoms with Crippen LogP contribution < -0.4 is 0 Å². The Labute approximate surface area is 101 Å². The number of para-hydroxylation sites is 1. The van der Waals surface area contributed by atoms with Gasteiger partial charge in [-0.3, -0.25) is 9.69 Å². The minimum atomic E-state index is -0.839. The molecule has 0 radical (unpaired) electrons. The quantitative estimate of drug-likeness (QED) is 0.795. The van der Waals surface area contributed by atoms with Crippen molar-refractivity contribution >= 4 is 5.97 Å². The van der Waals surface area contributed by atoms with E-state index in [0.29, 0.717) is 13.1 Å². The molecule has 0 amide bonds. The smallest absolute Gasteiger partial charge is 0.320 e. The van der Waals surface area contributed by atoms with Gasteiger partial charge in [0.25, 0.3) is 0 Å². The summed E-state index contributed by atoms with van der Waals surface area (Å²) >= 11 is 0. The van der Waals surface area contributed by atoms with Crippen LogP contribution in [0.4, 0.5) is 0 Å². The molecule has 0 bridgehead atoms. The fourth-order valence-corrected chi connectivity index (χ4v) is 1.72. The van der Waals surface area contributed by atoms with Crippen LogP contribution in [-0.4, -0.2) is 33.7 Å². The molecule has 94 valence electrons. The van der Waals surface area contributed by atoms with Gasteiger partial charge in [0.15, 0.2) is 0 Å². The zero-order valence-corrected chi connectivity index (χ0v) is 10.3. The molecule has 0 aliphatic carbocycles. The van der Waals surface area contributed by atoms with Gasteiger partial charge in [-0.05, 0) is 26.0 Å². The van der Waals surface area contributed by atoms with Crippen molar-refractivity contribution in [2.24, 2.45) is 0 Å². The summed E-state index contributed by atoms with van der Waals surface area (Å²) in [7, 11) is 0. The fraction of sp³-hybridized carbons (Fsp3) is 0.462. The van der Waals surface area contributed by atoms with E-state index in [-0.39, 0.29) is 5.75 Å². The van der Waals surface area contributed by atoms with Crippen LogP contribution in [0.2, 0.25) is 0 Å². The number of carboxylic acid groups (broad SMARTS) is 1. The molecule has 0 heterocycles. The van der Waals surface area contributed by atoms with E-state index in [1.54, 1.807) is 19.1 Å². The van der Waals surface area contributed by atoms with E-state index in [9.17, 15) is 9.90 Å². The molecule has 4 nitrogen and oxygen atoms in total. The van der Waals surface area contributed by atoms with Gasteiger partial charge in [0.05, 0.1) is 0 Å². The third-order valence-electron chi connectivity index (χ3n) is 2.78. The normalized spacial score (nSPS) is 12.6. The molecule has 2 N–H and O–H groups in total. The van der Waals surface area contributed by atoms with Crippen molar-refractivity contribution in [3.8, 4) is 5.75 Å². The minimum Gasteiger partial charge on any atom is -0.508 e. The molecule has 17 heavy (non-hydrogen) atoms. The molecule has 0 saturated heterocycles. The van der Waals surface area contributed by atoms with Crippen molar-refractivity contribution in [3.63, 3.8) is 0 Å². The number of carboxylic acids is 1. The van der Waals surface area contributed by atoms with E-state index in [4.69, 9.17) is 5.11 Å². The summed E-state index contributed by atoms with van der Waals surface area (Å²) in [5, 5.41) is 18.7. The number of nitrogens with zero attached hydrogens (tertiary/aromatic N) is 1.